The van der Waals surface area contributed by atoms with Crippen LogP contribution in [0.4, 0.5) is 10.1 Å². The van der Waals surface area contributed by atoms with Crippen molar-refractivity contribution in [1.82, 2.24) is 20.2 Å². The number of fused-ring (bicyclic) bond motifs is 1. The van der Waals surface area contributed by atoms with Crippen LogP contribution in [0.3, 0.4) is 0 Å². The molecule has 2 aromatic carbocycles. The maximum Gasteiger partial charge on any atom is 0.280 e. The monoisotopic (exact) mass is 497 g/mol. The Hall–Kier alpha value is -5.12. The van der Waals surface area contributed by atoms with Gasteiger partial charge in [-0.05, 0) is 48.9 Å². The number of carbonyl (C=O) groups is 1. The van der Waals surface area contributed by atoms with Crippen LogP contribution in [0.1, 0.15) is 16.2 Å². The van der Waals surface area contributed by atoms with Gasteiger partial charge in [0, 0.05) is 29.7 Å². The summed E-state index contributed by atoms with van der Waals surface area (Å²) in [6.45, 7) is 1.66. The van der Waals surface area contributed by atoms with Gasteiger partial charge >= 0.3 is 0 Å². The van der Waals surface area contributed by atoms with Gasteiger partial charge in [0.15, 0.2) is 11.4 Å². The van der Waals surface area contributed by atoms with Crippen molar-refractivity contribution in [1.29, 1.82) is 0 Å². The van der Waals surface area contributed by atoms with E-state index in [2.05, 4.69) is 25.5 Å². The zero-order valence-corrected chi connectivity index (χ0v) is 19.8. The first-order valence-electron chi connectivity index (χ1n) is 11.2. The average molecular weight is 497 g/mol. The lowest BCUT2D eigenvalue weighted by atomic mass is 10.0. The molecule has 0 saturated carbocycles. The highest BCUT2D eigenvalue weighted by molar-refractivity contribution is 6.03. The van der Waals surface area contributed by atoms with Crippen LogP contribution in [0.2, 0.25) is 0 Å². The number of pyridine rings is 2. The topological polar surface area (TPSA) is 119 Å². The van der Waals surface area contributed by atoms with E-state index in [0.717, 1.165) is 0 Å². The summed E-state index contributed by atoms with van der Waals surface area (Å²) in [5.41, 5.74) is 1.95. The molecule has 5 aromatic rings. The summed E-state index contributed by atoms with van der Waals surface area (Å²) < 4.78 is 24.5. The van der Waals surface area contributed by atoms with Gasteiger partial charge in [-0.15, -0.1) is 0 Å². The molecule has 9 nitrogen and oxygen atoms in total. The molecule has 0 bridgehead atoms. The van der Waals surface area contributed by atoms with Crippen molar-refractivity contribution in [3.63, 3.8) is 0 Å². The quantitative estimate of drug-likeness (QED) is 0.343. The minimum Gasteiger partial charge on any atom is -0.495 e. The number of nitrogens with zero attached hydrogens (tertiary/aromatic N) is 3. The van der Waals surface area contributed by atoms with Gasteiger partial charge in [-0.3, -0.25) is 19.7 Å². The van der Waals surface area contributed by atoms with E-state index in [1.807, 2.05) is 0 Å². The Morgan fingerprint density at radius 2 is 1.76 bits per heavy atom. The minimum absolute atomic E-state index is 0.250. The largest absolute Gasteiger partial charge is 0.495 e. The van der Waals surface area contributed by atoms with E-state index in [1.165, 1.54) is 24.3 Å². The number of nitrogens with one attached hydrogen (secondary N) is 2. The van der Waals surface area contributed by atoms with Crippen molar-refractivity contribution in [2.75, 3.05) is 12.4 Å². The van der Waals surface area contributed by atoms with Gasteiger partial charge in [0.1, 0.15) is 22.8 Å². The first kappa shape index (κ1) is 23.6. The van der Waals surface area contributed by atoms with Gasteiger partial charge in [0.05, 0.1) is 24.4 Å². The summed E-state index contributed by atoms with van der Waals surface area (Å²) in [5.74, 6) is 0.493. The lowest BCUT2D eigenvalue weighted by Gasteiger charge is -2.10. The molecule has 0 saturated heterocycles. The summed E-state index contributed by atoms with van der Waals surface area (Å²) >= 11 is 0. The molecule has 0 fully saturated rings. The van der Waals surface area contributed by atoms with Gasteiger partial charge < -0.3 is 14.8 Å². The van der Waals surface area contributed by atoms with E-state index in [-0.39, 0.29) is 11.3 Å². The summed E-state index contributed by atoms with van der Waals surface area (Å²) in [5, 5.41) is 9.29. The van der Waals surface area contributed by atoms with Crippen LogP contribution in [0.15, 0.2) is 77.9 Å². The lowest BCUT2D eigenvalue weighted by molar-refractivity contribution is 0.102. The Bertz CT molecular complexity index is 1670. The molecule has 10 heteroatoms. The number of aromatic nitrogens is 4. The third kappa shape index (κ3) is 4.85. The summed E-state index contributed by atoms with van der Waals surface area (Å²) in [4.78, 5) is 34.5. The second-order valence-corrected chi connectivity index (χ2v) is 8.04. The van der Waals surface area contributed by atoms with Crippen molar-refractivity contribution < 1.29 is 18.7 Å². The highest BCUT2D eigenvalue weighted by atomic mass is 19.1. The predicted octanol–water partition coefficient (Wildman–Crippen LogP) is 4.88. The first-order chi connectivity index (χ1) is 17.9. The zero-order valence-electron chi connectivity index (χ0n) is 19.8. The van der Waals surface area contributed by atoms with E-state index < -0.39 is 17.2 Å². The maximum atomic E-state index is 13.3. The van der Waals surface area contributed by atoms with Gasteiger partial charge in [-0.25, -0.2) is 9.37 Å². The smallest absolute Gasteiger partial charge is 0.280 e. The Morgan fingerprint density at radius 3 is 2.49 bits per heavy atom. The molecular formula is C27H20FN5O4. The summed E-state index contributed by atoms with van der Waals surface area (Å²) in [7, 11) is 1.55. The third-order valence-electron chi connectivity index (χ3n) is 5.59. The molecule has 0 aliphatic heterocycles. The average Bonchev–Trinajstić information content (AvgIpc) is 2.90. The lowest BCUT2D eigenvalue weighted by Crippen LogP contribution is -2.26. The number of hydrogen-bond acceptors (Lipinski definition) is 7. The van der Waals surface area contributed by atoms with Crippen molar-refractivity contribution in [2.45, 2.75) is 6.92 Å². The second kappa shape index (κ2) is 9.86. The van der Waals surface area contributed by atoms with Gasteiger partial charge in [0.2, 0.25) is 5.43 Å². The van der Waals surface area contributed by atoms with Crippen LogP contribution in [-0.2, 0) is 0 Å². The molecular weight excluding hydrogens is 477 g/mol. The molecule has 0 atom stereocenters. The fourth-order valence-corrected chi connectivity index (χ4v) is 3.76. The Balaban J connectivity index is 1.35. The fraction of sp³-hybridized carbons (Fsp3) is 0.0741. The summed E-state index contributed by atoms with van der Waals surface area (Å²) in [6.07, 6.45) is 3.19. The molecule has 184 valence electrons. The van der Waals surface area contributed by atoms with Crippen LogP contribution in [0.25, 0.3) is 22.2 Å². The summed E-state index contributed by atoms with van der Waals surface area (Å²) in [6, 6.07) is 15.5. The Morgan fingerprint density at radius 1 is 1.00 bits per heavy atom. The first-order valence-corrected chi connectivity index (χ1v) is 11.2. The van der Waals surface area contributed by atoms with E-state index >= 15 is 0 Å². The number of amides is 1. The van der Waals surface area contributed by atoms with Gasteiger partial charge in [0.25, 0.3) is 5.91 Å². The number of halogens is 1. The Kier molecular flexibility index (Phi) is 6.29. The fourth-order valence-electron chi connectivity index (χ4n) is 3.76. The number of aromatic amines is 1. The van der Waals surface area contributed by atoms with Crippen LogP contribution in [0.5, 0.6) is 17.2 Å². The highest BCUT2D eigenvalue weighted by Crippen LogP contribution is 2.29. The third-order valence-corrected chi connectivity index (χ3v) is 5.59. The Labute approximate surface area is 209 Å². The SMILES string of the molecule is COc1cnc2c(Oc3ccc(NC(=O)c4n[nH]c(C)c(-c5ccc(F)cc5)c4=O)cc3)ccnc2c1. The molecule has 37 heavy (non-hydrogen) atoms. The number of carbonyl (C=O) groups excluding carboxylic acids is 1. The molecule has 0 radical (unpaired) electrons. The molecule has 3 aromatic heterocycles. The van der Waals surface area contributed by atoms with Crippen molar-refractivity contribution >= 4 is 22.6 Å². The zero-order chi connectivity index (χ0) is 25.9. The molecule has 2 N–H and O–H groups in total. The van der Waals surface area contributed by atoms with Crippen LogP contribution in [-0.4, -0.2) is 33.2 Å². The van der Waals surface area contributed by atoms with Crippen LogP contribution in [0, 0.1) is 12.7 Å². The van der Waals surface area contributed by atoms with Crippen molar-refractivity contribution in [3.05, 3.63) is 100 Å². The predicted molar refractivity (Wildman–Crippen MR) is 136 cm³/mol. The number of H-pyrrole nitrogens is 1. The normalized spacial score (nSPS) is 10.8. The highest BCUT2D eigenvalue weighted by Gasteiger charge is 2.19. The molecule has 1 amide bonds. The molecule has 3 heterocycles. The van der Waals surface area contributed by atoms with E-state index in [1.54, 1.807) is 62.8 Å². The number of anilines is 1. The molecule has 0 unspecified atom stereocenters. The van der Waals surface area contributed by atoms with E-state index in [4.69, 9.17) is 9.47 Å². The number of aryl methyl sites for hydroxylation is 1. The van der Waals surface area contributed by atoms with Crippen molar-refractivity contribution in [2.24, 2.45) is 0 Å². The number of ether oxygens (including phenoxy) is 2. The second-order valence-electron chi connectivity index (χ2n) is 8.04. The van der Waals surface area contributed by atoms with Gasteiger partial charge in [-0.1, -0.05) is 12.1 Å². The van der Waals surface area contributed by atoms with Gasteiger partial charge in [-0.2, -0.15) is 5.10 Å². The van der Waals surface area contributed by atoms with Crippen LogP contribution >= 0.6 is 0 Å². The van der Waals surface area contributed by atoms with E-state index in [0.29, 0.717) is 45.2 Å². The number of rotatable bonds is 6. The molecule has 0 aliphatic rings. The maximum absolute atomic E-state index is 13.3. The molecule has 0 aliphatic carbocycles. The van der Waals surface area contributed by atoms with Crippen molar-refractivity contribution in [3.8, 4) is 28.4 Å². The number of methoxy groups -OCH3 is 1. The van der Waals surface area contributed by atoms with Crippen LogP contribution < -0.4 is 20.2 Å². The standard InChI is InChI=1S/C27H20FN5O4/c1-15-23(16-3-5-17(28)6-4-16)26(34)25(33-32-15)27(35)31-18-7-9-19(10-8-18)37-22-11-12-29-21-13-20(36-2)14-30-24(21)22/h3-14H,1-2H3,(H,31,35)(H,32,34). The number of hydrogen-bond donors (Lipinski definition) is 2. The van der Waals surface area contributed by atoms with E-state index in [9.17, 15) is 14.0 Å². The number of benzene rings is 2. The minimum atomic E-state index is -0.684. The molecule has 5 rings (SSSR count). The molecule has 0 spiro atoms.